The molecule has 0 aliphatic carbocycles. The van der Waals surface area contributed by atoms with Crippen LogP contribution in [-0.2, 0) is 0 Å². The Morgan fingerprint density at radius 1 is 1.29 bits per heavy atom. The second kappa shape index (κ2) is 6.20. The number of hydrogen-bond donors (Lipinski definition) is 1. The van der Waals surface area contributed by atoms with Gasteiger partial charge in [0.15, 0.2) is 0 Å². The molecule has 4 rings (SSSR count). The number of H-pyrrole nitrogens is 1. The Morgan fingerprint density at radius 2 is 2.17 bits per heavy atom. The monoisotopic (exact) mass is 384 g/mol. The Morgan fingerprint density at radius 3 is 2.96 bits per heavy atom. The molecular weight excluding hydrogens is 364 g/mol. The van der Waals surface area contributed by atoms with Crippen molar-refractivity contribution in [3.63, 3.8) is 0 Å². The fourth-order valence-electron chi connectivity index (χ4n) is 3.75. The summed E-state index contributed by atoms with van der Waals surface area (Å²) >= 11 is 3.62. The zero-order chi connectivity index (χ0) is 16.7. The van der Waals surface area contributed by atoms with Crippen LogP contribution in [0.5, 0.6) is 0 Å². The number of nitrogens with zero attached hydrogens (tertiary/aromatic N) is 3. The first kappa shape index (κ1) is 15.6. The van der Waals surface area contributed by atoms with Crippen LogP contribution in [-0.4, -0.2) is 28.0 Å². The Bertz CT molecular complexity index is 873. The average Bonchev–Trinajstić information content (AvgIpc) is 3.11. The topological polar surface area (TPSA) is 44.8 Å². The van der Waals surface area contributed by atoms with Gasteiger partial charge in [-0.05, 0) is 50.5 Å². The first-order valence-corrected chi connectivity index (χ1v) is 9.23. The lowest BCUT2D eigenvalue weighted by atomic mass is 9.95. The van der Waals surface area contributed by atoms with Gasteiger partial charge in [0.1, 0.15) is 5.82 Å². The fourth-order valence-corrected chi connectivity index (χ4v) is 4.11. The second-order valence-corrected chi connectivity index (χ2v) is 7.51. The smallest absolute Gasteiger partial charge is 0.110 e. The molecule has 24 heavy (non-hydrogen) atoms. The molecule has 1 N–H and O–H groups in total. The highest BCUT2D eigenvalue weighted by molar-refractivity contribution is 9.10. The van der Waals surface area contributed by atoms with E-state index in [1.807, 2.05) is 12.4 Å². The molecule has 1 saturated heterocycles. The van der Waals surface area contributed by atoms with E-state index in [1.54, 1.807) is 0 Å². The predicted molar refractivity (Wildman–Crippen MR) is 102 cm³/mol. The Balaban J connectivity index is 1.80. The summed E-state index contributed by atoms with van der Waals surface area (Å²) < 4.78 is 1.10. The van der Waals surface area contributed by atoms with Gasteiger partial charge in [-0.3, -0.25) is 4.98 Å². The van der Waals surface area contributed by atoms with Gasteiger partial charge < -0.3 is 9.88 Å². The van der Waals surface area contributed by atoms with Crippen LogP contribution >= 0.6 is 15.9 Å². The molecule has 1 aliphatic rings. The van der Waals surface area contributed by atoms with E-state index in [4.69, 9.17) is 4.98 Å². The van der Waals surface area contributed by atoms with Crippen LogP contribution in [0.1, 0.15) is 35.8 Å². The van der Waals surface area contributed by atoms with Crippen LogP contribution in [0.4, 0.5) is 5.69 Å². The highest BCUT2D eigenvalue weighted by Crippen LogP contribution is 2.36. The summed E-state index contributed by atoms with van der Waals surface area (Å²) in [4.78, 5) is 15.1. The van der Waals surface area contributed by atoms with Crippen LogP contribution in [0.15, 0.2) is 35.1 Å². The van der Waals surface area contributed by atoms with E-state index in [2.05, 4.69) is 62.8 Å². The number of aromatic amines is 1. The van der Waals surface area contributed by atoms with E-state index in [0.717, 1.165) is 34.6 Å². The van der Waals surface area contributed by atoms with Gasteiger partial charge in [0, 0.05) is 47.0 Å². The molecule has 2 aromatic heterocycles. The lowest BCUT2D eigenvalue weighted by Crippen LogP contribution is -2.35. The molecule has 0 bridgehead atoms. The third kappa shape index (κ3) is 2.71. The highest BCUT2D eigenvalue weighted by atomic mass is 79.9. The number of aryl methyl sites for hydroxylation is 1. The van der Waals surface area contributed by atoms with E-state index in [9.17, 15) is 0 Å². The molecule has 1 fully saturated rings. The summed E-state index contributed by atoms with van der Waals surface area (Å²) in [5.41, 5.74) is 4.78. The molecular formula is C19H21BrN4. The maximum Gasteiger partial charge on any atom is 0.110 e. The number of piperidine rings is 1. The number of fused-ring (bicyclic) bond motifs is 1. The van der Waals surface area contributed by atoms with Crippen LogP contribution in [0.3, 0.4) is 0 Å². The first-order valence-electron chi connectivity index (χ1n) is 8.44. The molecule has 1 aromatic carbocycles. The van der Waals surface area contributed by atoms with Gasteiger partial charge in [-0.1, -0.05) is 15.9 Å². The molecule has 0 saturated carbocycles. The van der Waals surface area contributed by atoms with Crippen LogP contribution in [0.2, 0.25) is 0 Å². The molecule has 0 spiro atoms. The minimum absolute atomic E-state index is 0.462. The lowest BCUT2D eigenvalue weighted by Gasteiger charge is -2.35. The quantitative estimate of drug-likeness (QED) is 0.694. The summed E-state index contributed by atoms with van der Waals surface area (Å²) in [6.07, 6.45) is 6.14. The predicted octanol–water partition coefficient (Wildman–Crippen LogP) is 4.72. The maximum absolute atomic E-state index is 4.77. The van der Waals surface area contributed by atoms with Gasteiger partial charge in [-0.2, -0.15) is 0 Å². The summed E-state index contributed by atoms with van der Waals surface area (Å²) in [6, 6.07) is 6.36. The fraction of sp³-hybridized carbons (Fsp3) is 0.368. The van der Waals surface area contributed by atoms with Gasteiger partial charge in [-0.15, -0.1) is 0 Å². The first-order chi connectivity index (χ1) is 11.6. The Kier molecular flexibility index (Phi) is 4.04. The van der Waals surface area contributed by atoms with Crippen molar-refractivity contribution in [2.24, 2.45) is 0 Å². The number of rotatable bonds is 2. The van der Waals surface area contributed by atoms with Crippen molar-refractivity contribution in [3.05, 3.63) is 52.1 Å². The number of benzene rings is 1. The third-order valence-electron chi connectivity index (χ3n) is 5.04. The van der Waals surface area contributed by atoms with Crippen molar-refractivity contribution in [2.45, 2.75) is 32.6 Å². The number of nitrogens with one attached hydrogen (secondary N) is 1. The van der Waals surface area contributed by atoms with E-state index in [0.29, 0.717) is 5.92 Å². The molecule has 5 heteroatoms. The highest BCUT2D eigenvalue weighted by Gasteiger charge is 2.26. The van der Waals surface area contributed by atoms with Crippen LogP contribution < -0.4 is 4.90 Å². The van der Waals surface area contributed by atoms with E-state index in [-0.39, 0.29) is 0 Å². The largest absolute Gasteiger partial charge is 0.370 e. The van der Waals surface area contributed by atoms with Crippen molar-refractivity contribution < 1.29 is 0 Å². The van der Waals surface area contributed by atoms with Crippen molar-refractivity contribution in [3.8, 4) is 0 Å². The standard InChI is InChI=1S/C19H21BrN4/c1-12-13(2)23-17-6-5-15(20)10-16(17)18(12)24-9-3-4-14(11-24)19-21-7-8-22-19/h5-8,10,14H,3-4,9,11H2,1-2H3,(H,21,22). The number of imidazole rings is 1. The summed E-state index contributed by atoms with van der Waals surface area (Å²) in [5, 5.41) is 1.23. The number of hydrogen-bond acceptors (Lipinski definition) is 3. The van der Waals surface area contributed by atoms with Gasteiger partial charge in [0.2, 0.25) is 0 Å². The molecule has 3 heterocycles. The Labute approximate surface area is 150 Å². The normalized spacial score (nSPS) is 18.3. The molecule has 3 aromatic rings. The van der Waals surface area contributed by atoms with E-state index < -0.39 is 0 Å². The molecule has 1 unspecified atom stereocenters. The van der Waals surface area contributed by atoms with Crippen molar-refractivity contribution >= 4 is 32.5 Å². The number of pyridine rings is 1. The van der Waals surface area contributed by atoms with Gasteiger partial charge in [0.05, 0.1) is 11.2 Å². The summed E-state index contributed by atoms with van der Waals surface area (Å²) in [6.45, 7) is 6.38. The minimum atomic E-state index is 0.462. The Hall–Kier alpha value is -1.88. The lowest BCUT2D eigenvalue weighted by molar-refractivity contribution is 0.494. The molecule has 4 nitrogen and oxygen atoms in total. The zero-order valence-electron chi connectivity index (χ0n) is 14.0. The molecule has 0 radical (unpaired) electrons. The maximum atomic E-state index is 4.77. The van der Waals surface area contributed by atoms with E-state index >= 15 is 0 Å². The number of aromatic nitrogens is 3. The van der Waals surface area contributed by atoms with Crippen molar-refractivity contribution in [2.75, 3.05) is 18.0 Å². The molecule has 124 valence electrons. The minimum Gasteiger partial charge on any atom is -0.370 e. The van der Waals surface area contributed by atoms with E-state index in [1.165, 1.54) is 29.5 Å². The third-order valence-corrected chi connectivity index (χ3v) is 5.54. The van der Waals surface area contributed by atoms with Crippen LogP contribution in [0.25, 0.3) is 10.9 Å². The molecule has 1 aliphatic heterocycles. The number of anilines is 1. The zero-order valence-corrected chi connectivity index (χ0v) is 15.6. The number of halogens is 1. The average molecular weight is 385 g/mol. The second-order valence-electron chi connectivity index (χ2n) is 6.59. The molecule has 0 amide bonds. The summed E-state index contributed by atoms with van der Waals surface area (Å²) in [7, 11) is 0. The van der Waals surface area contributed by atoms with Gasteiger partial charge >= 0.3 is 0 Å². The SMILES string of the molecule is Cc1nc2ccc(Br)cc2c(N2CCCC(c3ncc[nH]3)C2)c1C. The van der Waals surface area contributed by atoms with Gasteiger partial charge in [0.25, 0.3) is 0 Å². The van der Waals surface area contributed by atoms with Crippen LogP contribution in [0, 0.1) is 13.8 Å². The van der Waals surface area contributed by atoms with Gasteiger partial charge in [-0.25, -0.2) is 4.98 Å². The summed E-state index contributed by atoms with van der Waals surface area (Å²) in [5.74, 6) is 1.57. The van der Waals surface area contributed by atoms with Crippen molar-refractivity contribution in [1.82, 2.24) is 15.0 Å². The molecule has 1 atom stereocenters. The van der Waals surface area contributed by atoms with Crippen molar-refractivity contribution in [1.29, 1.82) is 0 Å².